The third kappa shape index (κ3) is 2.05. The number of H-pyrrole nitrogens is 1. The van der Waals surface area contributed by atoms with Gasteiger partial charge in [0.2, 0.25) is 0 Å². The van der Waals surface area contributed by atoms with E-state index in [0.717, 1.165) is 5.56 Å². The van der Waals surface area contributed by atoms with Crippen molar-refractivity contribution in [2.24, 2.45) is 0 Å². The minimum absolute atomic E-state index is 0.183. The number of benzene rings is 1. The summed E-state index contributed by atoms with van der Waals surface area (Å²) in [5.74, 6) is 0.392. The van der Waals surface area contributed by atoms with E-state index in [2.05, 4.69) is 10.1 Å². The molecule has 1 aromatic heterocycles. The van der Waals surface area contributed by atoms with Crippen molar-refractivity contribution in [1.29, 1.82) is 0 Å². The summed E-state index contributed by atoms with van der Waals surface area (Å²) in [5, 5.41) is 2.58. The zero-order valence-electron chi connectivity index (χ0n) is 7.16. The van der Waals surface area contributed by atoms with E-state index in [1.54, 1.807) is 12.1 Å². The smallest absolute Gasteiger partial charge is 0.314 e. The lowest BCUT2D eigenvalue weighted by molar-refractivity contribution is 0.399. The molecule has 0 spiro atoms. The Morgan fingerprint density at radius 3 is 2.64 bits per heavy atom. The SMILES string of the molecule is Fc1ccc(Cc2nc(=S)o[nH]2)cc1. The van der Waals surface area contributed by atoms with Crippen LogP contribution in [-0.4, -0.2) is 10.1 Å². The van der Waals surface area contributed by atoms with Crippen molar-refractivity contribution in [3.05, 3.63) is 46.3 Å². The van der Waals surface area contributed by atoms with Crippen LogP contribution in [0.3, 0.4) is 0 Å². The summed E-state index contributed by atoms with van der Waals surface area (Å²) in [6.45, 7) is 0. The summed E-state index contributed by atoms with van der Waals surface area (Å²) < 4.78 is 17.3. The van der Waals surface area contributed by atoms with Crippen molar-refractivity contribution in [3.63, 3.8) is 0 Å². The van der Waals surface area contributed by atoms with E-state index in [1.165, 1.54) is 12.1 Å². The second-order valence-electron chi connectivity index (χ2n) is 2.83. The number of rotatable bonds is 2. The highest BCUT2D eigenvalue weighted by Gasteiger charge is 2.00. The highest BCUT2D eigenvalue weighted by atomic mass is 32.1. The van der Waals surface area contributed by atoms with E-state index in [0.29, 0.717) is 12.2 Å². The van der Waals surface area contributed by atoms with Crippen LogP contribution >= 0.6 is 12.2 Å². The van der Waals surface area contributed by atoms with Crippen LogP contribution in [0.5, 0.6) is 0 Å². The molecule has 1 N–H and O–H groups in total. The van der Waals surface area contributed by atoms with Gasteiger partial charge in [0.15, 0.2) is 0 Å². The van der Waals surface area contributed by atoms with Gasteiger partial charge >= 0.3 is 4.84 Å². The van der Waals surface area contributed by atoms with Gasteiger partial charge < -0.3 is 4.52 Å². The first kappa shape index (κ1) is 9.08. The summed E-state index contributed by atoms with van der Waals surface area (Å²) in [6, 6.07) is 6.20. The van der Waals surface area contributed by atoms with Gasteiger partial charge in [-0.15, -0.1) is 0 Å². The average Bonchev–Trinajstić information content (AvgIpc) is 2.56. The van der Waals surface area contributed by atoms with Gasteiger partial charge in [0.1, 0.15) is 11.6 Å². The van der Waals surface area contributed by atoms with Gasteiger partial charge in [-0.25, -0.2) is 9.55 Å². The molecule has 14 heavy (non-hydrogen) atoms. The molecule has 3 nitrogen and oxygen atoms in total. The number of hydrogen-bond acceptors (Lipinski definition) is 3. The maximum absolute atomic E-state index is 12.6. The Morgan fingerprint density at radius 1 is 1.36 bits per heavy atom. The third-order valence-electron chi connectivity index (χ3n) is 1.77. The number of aromatic nitrogens is 2. The predicted octanol–water partition coefficient (Wildman–Crippen LogP) is 2.46. The molecular weight excluding hydrogens is 203 g/mol. The van der Waals surface area contributed by atoms with Crippen LogP contribution in [0.2, 0.25) is 0 Å². The molecular formula is C9H7FN2OS. The molecule has 0 aliphatic carbocycles. The van der Waals surface area contributed by atoms with Gasteiger partial charge in [0.05, 0.1) is 0 Å². The van der Waals surface area contributed by atoms with E-state index in [1.807, 2.05) is 0 Å². The third-order valence-corrected chi connectivity index (χ3v) is 1.94. The van der Waals surface area contributed by atoms with Crippen LogP contribution < -0.4 is 0 Å². The molecule has 0 atom stereocenters. The van der Waals surface area contributed by atoms with Gasteiger partial charge in [0, 0.05) is 6.42 Å². The first-order valence-corrected chi connectivity index (χ1v) is 4.44. The van der Waals surface area contributed by atoms with Crippen LogP contribution in [0.1, 0.15) is 11.4 Å². The zero-order valence-corrected chi connectivity index (χ0v) is 7.97. The van der Waals surface area contributed by atoms with Crippen LogP contribution in [0.4, 0.5) is 4.39 Å². The summed E-state index contributed by atoms with van der Waals surface area (Å²) >= 11 is 4.70. The Hall–Kier alpha value is -1.49. The summed E-state index contributed by atoms with van der Waals surface area (Å²) in [6.07, 6.45) is 0.556. The molecule has 2 aromatic rings. The molecule has 0 bridgehead atoms. The second kappa shape index (κ2) is 3.71. The molecule has 1 aromatic carbocycles. The monoisotopic (exact) mass is 210 g/mol. The van der Waals surface area contributed by atoms with Crippen molar-refractivity contribution >= 4 is 12.2 Å². The Bertz CT molecular complexity index is 474. The van der Waals surface area contributed by atoms with Crippen molar-refractivity contribution in [1.82, 2.24) is 10.1 Å². The number of nitrogens with zero attached hydrogens (tertiary/aromatic N) is 1. The molecule has 0 aliphatic heterocycles. The Kier molecular flexibility index (Phi) is 2.41. The van der Waals surface area contributed by atoms with Crippen LogP contribution in [0, 0.1) is 10.7 Å². The molecule has 0 saturated heterocycles. The number of hydrogen-bond donors (Lipinski definition) is 1. The molecule has 0 saturated carbocycles. The van der Waals surface area contributed by atoms with E-state index in [4.69, 9.17) is 16.7 Å². The average molecular weight is 210 g/mol. The zero-order chi connectivity index (χ0) is 9.97. The second-order valence-corrected chi connectivity index (χ2v) is 3.18. The van der Waals surface area contributed by atoms with Crippen molar-refractivity contribution < 1.29 is 8.91 Å². The molecule has 5 heteroatoms. The molecule has 0 unspecified atom stereocenters. The lowest BCUT2D eigenvalue weighted by Crippen LogP contribution is -1.90. The number of aromatic amines is 1. The fraction of sp³-hybridized carbons (Fsp3) is 0.111. The molecule has 0 aliphatic rings. The molecule has 0 radical (unpaired) electrons. The fourth-order valence-electron chi connectivity index (χ4n) is 1.13. The first-order valence-electron chi connectivity index (χ1n) is 4.03. The molecule has 1 heterocycles. The lowest BCUT2D eigenvalue weighted by atomic mass is 10.1. The van der Waals surface area contributed by atoms with E-state index in [-0.39, 0.29) is 10.7 Å². The Balaban J connectivity index is 2.19. The minimum atomic E-state index is -0.248. The highest BCUT2D eigenvalue weighted by molar-refractivity contribution is 7.71. The normalized spacial score (nSPS) is 10.4. The highest BCUT2D eigenvalue weighted by Crippen LogP contribution is 2.07. The summed E-state index contributed by atoms with van der Waals surface area (Å²) in [7, 11) is 0. The molecule has 0 amide bonds. The Morgan fingerprint density at radius 2 is 2.07 bits per heavy atom. The first-order chi connectivity index (χ1) is 6.74. The van der Waals surface area contributed by atoms with Crippen molar-refractivity contribution in [2.75, 3.05) is 0 Å². The van der Waals surface area contributed by atoms with Crippen LogP contribution in [0.25, 0.3) is 0 Å². The van der Waals surface area contributed by atoms with Gasteiger partial charge in [0.25, 0.3) is 0 Å². The standard InChI is InChI=1S/C9H7FN2OS/c10-7-3-1-6(2-4-7)5-8-11-9(14)13-12-8/h1-4H,5H2,(H,11,12,14). The van der Waals surface area contributed by atoms with Gasteiger partial charge in [-0.1, -0.05) is 12.1 Å². The number of halogens is 1. The van der Waals surface area contributed by atoms with E-state index in [9.17, 15) is 4.39 Å². The molecule has 2 rings (SSSR count). The van der Waals surface area contributed by atoms with Gasteiger partial charge in [-0.2, -0.15) is 4.98 Å². The maximum Gasteiger partial charge on any atom is 0.314 e. The van der Waals surface area contributed by atoms with Crippen molar-refractivity contribution in [2.45, 2.75) is 6.42 Å². The van der Waals surface area contributed by atoms with Crippen LogP contribution in [-0.2, 0) is 6.42 Å². The van der Waals surface area contributed by atoms with Crippen molar-refractivity contribution in [3.8, 4) is 0 Å². The van der Waals surface area contributed by atoms with Gasteiger partial charge in [-0.3, -0.25) is 0 Å². The maximum atomic E-state index is 12.6. The van der Waals surface area contributed by atoms with E-state index >= 15 is 0 Å². The number of nitrogens with one attached hydrogen (secondary N) is 1. The molecule has 72 valence electrons. The largest absolute Gasteiger partial charge is 0.348 e. The minimum Gasteiger partial charge on any atom is -0.348 e. The van der Waals surface area contributed by atoms with E-state index < -0.39 is 0 Å². The predicted molar refractivity (Wildman–Crippen MR) is 50.9 cm³/mol. The fourth-order valence-corrected chi connectivity index (χ4v) is 1.28. The quantitative estimate of drug-likeness (QED) is 0.774. The van der Waals surface area contributed by atoms with Crippen LogP contribution in [0.15, 0.2) is 28.8 Å². The Labute approximate surface area is 84.6 Å². The summed E-state index contributed by atoms with van der Waals surface area (Å²) in [4.78, 5) is 4.11. The topological polar surface area (TPSA) is 41.8 Å². The summed E-state index contributed by atoms with van der Waals surface area (Å²) in [5.41, 5.74) is 0.950. The molecule has 0 fully saturated rings. The lowest BCUT2D eigenvalue weighted by Gasteiger charge is -1.95. The van der Waals surface area contributed by atoms with Gasteiger partial charge in [-0.05, 0) is 29.9 Å².